The normalized spacial score (nSPS) is 15.4. The second-order valence-corrected chi connectivity index (χ2v) is 8.84. The van der Waals surface area contributed by atoms with Gasteiger partial charge in [0.05, 0.1) is 18.0 Å². The van der Waals surface area contributed by atoms with Gasteiger partial charge >= 0.3 is 0 Å². The Morgan fingerprint density at radius 2 is 1.79 bits per heavy atom. The van der Waals surface area contributed by atoms with Crippen molar-refractivity contribution in [1.29, 1.82) is 0 Å². The van der Waals surface area contributed by atoms with E-state index in [0.29, 0.717) is 36.5 Å². The van der Waals surface area contributed by atoms with Crippen molar-refractivity contribution < 1.29 is 17.9 Å². The molecule has 0 bridgehead atoms. The number of benzene rings is 2. The van der Waals surface area contributed by atoms with E-state index >= 15 is 0 Å². The lowest BCUT2D eigenvalue weighted by atomic mass is 10.2. The van der Waals surface area contributed by atoms with E-state index in [9.17, 15) is 13.2 Å². The molecule has 1 saturated heterocycles. The van der Waals surface area contributed by atoms with Gasteiger partial charge in [0.25, 0.3) is 5.91 Å². The largest absolute Gasteiger partial charge is 0.494 e. The smallest absolute Gasteiger partial charge is 0.255 e. The summed E-state index contributed by atoms with van der Waals surface area (Å²) in [6, 6.07) is 13.9. The Hall–Kier alpha value is -2.54. The van der Waals surface area contributed by atoms with Crippen molar-refractivity contribution >= 4 is 27.3 Å². The summed E-state index contributed by atoms with van der Waals surface area (Å²) in [6.07, 6.45) is 3.95. The Morgan fingerprint density at radius 3 is 2.39 bits per heavy atom. The lowest BCUT2D eigenvalue weighted by molar-refractivity contribution is 0.102. The molecule has 6 nitrogen and oxygen atoms in total. The van der Waals surface area contributed by atoms with E-state index in [1.165, 1.54) is 4.31 Å². The molecule has 1 N–H and O–H groups in total. The Balaban J connectivity index is 1.57. The van der Waals surface area contributed by atoms with Gasteiger partial charge in [0, 0.05) is 17.8 Å². The standard InChI is InChI=1S/C21H26N2O4S/c1-2-3-4-15-27-20-12-6-17(7-13-20)21(24)22-18-8-10-19(11-9-18)23-14-5-16-28(23,25)26/h6-13H,2-5,14-16H2,1H3,(H,22,24). The Labute approximate surface area is 166 Å². The molecule has 150 valence electrons. The summed E-state index contributed by atoms with van der Waals surface area (Å²) in [4.78, 5) is 12.4. The minimum Gasteiger partial charge on any atom is -0.494 e. The number of nitrogens with zero attached hydrogens (tertiary/aromatic N) is 1. The van der Waals surface area contributed by atoms with Gasteiger partial charge in [-0.3, -0.25) is 9.10 Å². The van der Waals surface area contributed by atoms with Crippen LogP contribution in [0.3, 0.4) is 0 Å². The van der Waals surface area contributed by atoms with Crippen LogP contribution in [0.25, 0.3) is 0 Å². The van der Waals surface area contributed by atoms with Crippen molar-refractivity contribution in [3.8, 4) is 5.75 Å². The maximum atomic E-state index is 12.4. The van der Waals surface area contributed by atoms with Crippen LogP contribution in [-0.4, -0.2) is 33.2 Å². The molecule has 0 saturated carbocycles. The van der Waals surface area contributed by atoms with E-state index in [2.05, 4.69) is 12.2 Å². The van der Waals surface area contributed by atoms with Crippen LogP contribution in [0.1, 0.15) is 43.0 Å². The highest BCUT2D eigenvalue weighted by atomic mass is 32.2. The van der Waals surface area contributed by atoms with Crippen molar-refractivity contribution in [2.75, 3.05) is 28.5 Å². The third-order valence-corrected chi connectivity index (χ3v) is 6.52. The van der Waals surface area contributed by atoms with Gasteiger partial charge in [-0.2, -0.15) is 0 Å². The van der Waals surface area contributed by atoms with Gasteiger partial charge < -0.3 is 10.1 Å². The first kappa shape index (κ1) is 20.2. The second-order valence-electron chi connectivity index (χ2n) is 6.82. The van der Waals surface area contributed by atoms with Crippen molar-refractivity contribution in [1.82, 2.24) is 0 Å². The van der Waals surface area contributed by atoms with Gasteiger partial charge in [-0.05, 0) is 61.4 Å². The third kappa shape index (κ3) is 5.04. The zero-order chi connectivity index (χ0) is 20.0. The van der Waals surface area contributed by atoms with Crippen molar-refractivity contribution in [3.05, 3.63) is 54.1 Å². The summed E-state index contributed by atoms with van der Waals surface area (Å²) in [5.74, 6) is 0.715. The van der Waals surface area contributed by atoms with E-state index in [-0.39, 0.29) is 11.7 Å². The predicted molar refractivity (Wildman–Crippen MR) is 112 cm³/mol. The lowest BCUT2D eigenvalue weighted by Crippen LogP contribution is -2.24. The van der Waals surface area contributed by atoms with Gasteiger partial charge in [0.15, 0.2) is 0 Å². The van der Waals surface area contributed by atoms with Crippen molar-refractivity contribution in [3.63, 3.8) is 0 Å². The highest BCUT2D eigenvalue weighted by Crippen LogP contribution is 2.25. The Morgan fingerprint density at radius 1 is 1.07 bits per heavy atom. The predicted octanol–water partition coefficient (Wildman–Crippen LogP) is 4.05. The number of amides is 1. The summed E-state index contributed by atoms with van der Waals surface area (Å²) < 4.78 is 31.0. The van der Waals surface area contributed by atoms with Gasteiger partial charge in [0.1, 0.15) is 5.75 Å². The summed E-state index contributed by atoms with van der Waals surface area (Å²) in [7, 11) is -3.20. The third-order valence-electron chi connectivity index (χ3n) is 4.65. The van der Waals surface area contributed by atoms with Crippen LogP contribution < -0.4 is 14.4 Å². The average Bonchev–Trinajstić information content (AvgIpc) is 3.05. The van der Waals surface area contributed by atoms with Gasteiger partial charge in [0.2, 0.25) is 10.0 Å². The molecule has 7 heteroatoms. The van der Waals surface area contributed by atoms with E-state index in [1.54, 1.807) is 48.5 Å². The molecule has 0 unspecified atom stereocenters. The minimum absolute atomic E-state index is 0.184. The number of rotatable bonds is 8. The van der Waals surface area contributed by atoms with E-state index < -0.39 is 10.0 Å². The molecule has 2 aromatic carbocycles. The number of ether oxygens (including phenoxy) is 1. The number of sulfonamides is 1. The number of hydrogen-bond acceptors (Lipinski definition) is 4. The van der Waals surface area contributed by atoms with Gasteiger partial charge in [-0.15, -0.1) is 0 Å². The molecule has 3 rings (SSSR count). The first-order valence-electron chi connectivity index (χ1n) is 9.64. The first-order chi connectivity index (χ1) is 13.5. The van der Waals surface area contributed by atoms with Crippen LogP contribution in [0, 0.1) is 0 Å². The second kappa shape index (κ2) is 9.10. The summed E-state index contributed by atoms with van der Waals surface area (Å²) in [6.45, 7) is 3.33. The Bertz CT molecular complexity index is 893. The Kier molecular flexibility index (Phi) is 6.57. The highest BCUT2D eigenvalue weighted by Gasteiger charge is 2.28. The van der Waals surface area contributed by atoms with Gasteiger partial charge in [-0.1, -0.05) is 19.8 Å². The fourth-order valence-corrected chi connectivity index (χ4v) is 4.65. The fourth-order valence-electron chi connectivity index (χ4n) is 3.09. The lowest BCUT2D eigenvalue weighted by Gasteiger charge is -2.17. The number of unbranched alkanes of at least 4 members (excludes halogenated alkanes) is 2. The van der Waals surface area contributed by atoms with Crippen LogP contribution in [0.15, 0.2) is 48.5 Å². The minimum atomic E-state index is -3.20. The van der Waals surface area contributed by atoms with E-state index in [1.807, 2.05) is 0 Å². The van der Waals surface area contributed by atoms with Crippen LogP contribution in [0.5, 0.6) is 5.75 Å². The molecule has 28 heavy (non-hydrogen) atoms. The van der Waals surface area contributed by atoms with E-state index in [0.717, 1.165) is 25.0 Å². The number of carbonyl (C=O) groups is 1. The molecule has 0 radical (unpaired) electrons. The fraction of sp³-hybridized carbons (Fsp3) is 0.381. The van der Waals surface area contributed by atoms with Crippen LogP contribution in [-0.2, 0) is 10.0 Å². The summed E-state index contributed by atoms with van der Waals surface area (Å²) in [5.41, 5.74) is 1.78. The molecule has 1 aliphatic heterocycles. The number of nitrogens with one attached hydrogen (secondary N) is 1. The van der Waals surface area contributed by atoms with Crippen LogP contribution in [0.4, 0.5) is 11.4 Å². The maximum Gasteiger partial charge on any atom is 0.255 e. The number of anilines is 2. The number of hydrogen-bond donors (Lipinski definition) is 1. The van der Waals surface area contributed by atoms with Crippen LogP contribution in [0.2, 0.25) is 0 Å². The number of carbonyl (C=O) groups excluding carboxylic acids is 1. The molecule has 1 aliphatic rings. The summed E-state index contributed by atoms with van der Waals surface area (Å²) >= 11 is 0. The maximum absolute atomic E-state index is 12.4. The molecule has 1 amide bonds. The van der Waals surface area contributed by atoms with Crippen LogP contribution >= 0.6 is 0 Å². The molecule has 0 spiro atoms. The molecular weight excluding hydrogens is 376 g/mol. The quantitative estimate of drug-likeness (QED) is 0.676. The molecular formula is C21H26N2O4S. The zero-order valence-corrected chi connectivity index (χ0v) is 16.9. The first-order valence-corrected chi connectivity index (χ1v) is 11.3. The zero-order valence-electron chi connectivity index (χ0n) is 16.1. The van der Waals surface area contributed by atoms with Gasteiger partial charge in [-0.25, -0.2) is 8.42 Å². The molecule has 1 fully saturated rings. The van der Waals surface area contributed by atoms with Crippen molar-refractivity contribution in [2.45, 2.75) is 32.6 Å². The molecule has 1 heterocycles. The SMILES string of the molecule is CCCCCOc1ccc(C(=O)Nc2ccc(N3CCCS3(=O)=O)cc2)cc1. The van der Waals surface area contributed by atoms with Crippen molar-refractivity contribution in [2.24, 2.45) is 0 Å². The molecule has 2 aromatic rings. The average molecular weight is 403 g/mol. The topological polar surface area (TPSA) is 75.7 Å². The monoisotopic (exact) mass is 402 g/mol. The van der Waals surface area contributed by atoms with E-state index in [4.69, 9.17) is 4.74 Å². The highest BCUT2D eigenvalue weighted by molar-refractivity contribution is 7.93. The molecule has 0 aliphatic carbocycles. The molecule has 0 atom stereocenters. The molecule has 0 aromatic heterocycles. The summed E-state index contributed by atoms with van der Waals surface area (Å²) in [5, 5.41) is 2.83.